The van der Waals surface area contributed by atoms with Crippen molar-refractivity contribution in [3.8, 4) is 0 Å². The second-order valence-corrected chi connectivity index (χ2v) is 7.02. The summed E-state index contributed by atoms with van der Waals surface area (Å²) in [7, 11) is -3.83. The van der Waals surface area contributed by atoms with Crippen molar-refractivity contribution in [1.29, 1.82) is 0 Å². The van der Waals surface area contributed by atoms with Crippen LogP contribution < -0.4 is 10.5 Å². The molecular weight excluding hydrogens is 283 g/mol. The van der Waals surface area contributed by atoms with Gasteiger partial charge in [-0.1, -0.05) is 6.07 Å². The number of hydrogen-bond acceptors (Lipinski definition) is 4. The summed E-state index contributed by atoms with van der Waals surface area (Å²) in [5, 5.41) is 0. The highest BCUT2D eigenvalue weighted by atomic mass is 32.2. The van der Waals surface area contributed by atoms with Crippen LogP contribution in [0.3, 0.4) is 0 Å². The van der Waals surface area contributed by atoms with Gasteiger partial charge in [-0.15, -0.1) is 0 Å². The maximum absolute atomic E-state index is 13.4. The maximum atomic E-state index is 13.4. The van der Waals surface area contributed by atoms with E-state index in [1.165, 1.54) is 12.1 Å². The predicted octanol–water partition coefficient (Wildman–Crippen LogP) is 1.25. The molecule has 1 aromatic rings. The molecule has 0 amide bonds. The molecule has 1 heterocycles. The minimum absolute atomic E-state index is 0.0699. The van der Waals surface area contributed by atoms with E-state index in [0.717, 1.165) is 18.9 Å². The predicted molar refractivity (Wildman–Crippen MR) is 72.0 cm³/mol. The monoisotopic (exact) mass is 300 g/mol. The average Bonchev–Trinajstić information content (AvgIpc) is 3.13. The molecule has 3 N–H and O–H groups in total. The Bertz CT molecular complexity index is 616. The number of para-hydroxylation sites is 1. The van der Waals surface area contributed by atoms with Crippen molar-refractivity contribution < 1.29 is 17.5 Å². The first-order valence-electron chi connectivity index (χ1n) is 6.67. The molecule has 1 aromatic carbocycles. The molecule has 1 aliphatic heterocycles. The van der Waals surface area contributed by atoms with Crippen LogP contribution in [-0.4, -0.2) is 27.2 Å². The zero-order chi connectivity index (χ0) is 14.3. The van der Waals surface area contributed by atoms with Crippen molar-refractivity contribution in [2.24, 2.45) is 5.92 Å². The van der Waals surface area contributed by atoms with Crippen molar-refractivity contribution in [1.82, 2.24) is 4.72 Å². The van der Waals surface area contributed by atoms with Crippen molar-refractivity contribution in [3.63, 3.8) is 0 Å². The van der Waals surface area contributed by atoms with Gasteiger partial charge in [0.1, 0.15) is 10.7 Å². The van der Waals surface area contributed by atoms with Gasteiger partial charge in [0.05, 0.1) is 17.8 Å². The molecule has 2 fully saturated rings. The lowest BCUT2D eigenvalue weighted by molar-refractivity contribution is 0.0848. The smallest absolute Gasteiger partial charge is 0.243 e. The van der Waals surface area contributed by atoms with E-state index in [9.17, 15) is 12.8 Å². The van der Waals surface area contributed by atoms with E-state index in [4.69, 9.17) is 10.5 Å². The standard InChI is InChI=1S/C13H17FN2O3S/c14-9-2-1-3-11(12(9)15)20(17,18)16-10-6-7-19-13(10)8-4-5-8/h1-3,8,10,13,16H,4-7,15H2. The van der Waals surface area contributed by atoms with Gasteiger partial charge < -0.3 is 10.5 Å². The topological polar surface area (TPSA) is 81.4 Å². The summed E-state index contributed by atoms with van der Waals surface area (Å²) in [5.41, 5.74) is 5.18. The van der Waals surface area contributed by atoms with Gasteiger partial charge in [-0.2, -0.15) is 0 Å². The van der Waals surface area contributed by atoms with Gasteiger partial charge in [0, 0.05) is 6.61 Å². The summed E-state index contributed by atoms with van der Waals surface area (Å²) in [6, 6.07) is 3.53. The average molecular weight is 300 g/mol. The summed E-state index contributed by atoms with van der Waals surface area (Å²) < 4.78 is 46.3. The molecule has 5 nitrogen and oxygen atoms in total. The number of anilines is 1. The molecular formula is C13H17FN2O3S. The van der Waals surface area contributed by atoms with Crippen LogP contribution >= 0.6 is 0 Å². The number of ether oxygens (including phenoxy) is 1. The molecule has 1 saturated carbocycles. The molecule has 0 aromatic heterocycles. The van der Waals surface area contributed by atoms with Gasteiger partial charge in [-0.25, -0.2) is 17.5 Å². The Hall–Kier alpha value is -1.18. The minimum atomic E-state index is -3.83. The van der Waals surface area contributed by atoms with Gasteiger partial charge in [0.2, 0.25) is 10.0 Å². The molecule has 0 spiro atoms. The highest BCUT2D eigenvalue weighted by Gasteiger charge is 2.42. The maximum Gasteiger partial charge on any atom is 0.243 e. The van der Waals surface area contributed by atoms with E-state index in [-0.39, 0.29) is 22.7 Å². The third-order valence-electron chi connectivity index (χ3n) is 3.83. The molecule has 20 heavy (non-hydrogen) atoms. The number of hydrogen-bond donors (Lipinski definition) is 2. The Balaban J connectivity index is 1.83. The summed E-state index contributed by atoms with van der Waals surface area (Å²) in [4.78, 5) is -0.209. The molecule has 0 bridgehead atoms. The molecule has 7 heteroatoms. The van der Waals surface area contributed by atoms with Crippen molar-refractivity contribution in [2.45, 2.75) is 36.3 Å². The zero-order valence-corrected chi connectivity index (χ0v) is 11.7. The summed E-state index contributed by atoms with van der Waals surface area (Å²) in [6.45, 7) is 0.549. The molecule has 2 aliphatic rings. The zero-order valence-electron chi connectivity index (χ0n) is 10.9. The van der Waals surface area contributed by atoms with Gasteiger partial charge in [-0.05, 0) is 37.3 Å². The first kappa shape index (κ1) is 13.8. The highest BCUT2D eigenvalue weighted by Crippen LogP contribution is 2.39. The SMILES string of the molecule is Nc1c(F)cccc1S(=O)(=O)NC1CCOC1C1CC1. The first-order valence-corrected chi connectivity index (χ1v) is 8.15. The van der Waals surface area contributed by atoms with Crippen molar-refractivity contribution in [3.05, 3.63) is 24.0 Å². The molecule has 1 aliphatic carbocycles. The molecule has 2 atom stereocenters. The quantitative estimate of drug-likeness (QED) is 0.820. The van der Waals surface area contributed by atoms with Crippen LogP contribution in [0.5, 0.6) is 0 Å². The highest BCUT2D eigenvalue weighted by molar-refractivity contribution is 7.89. The number of sulfonamides is 1. The summed E-state index contributed by atoms with van der Waals surface area (Å²) in [5.74, 6) is -0.288. The Morgan fingerprint density at radius 2 is 2.05 bits per heavy atom. The van der Waals surface area contributed by atoms with Crippen molar-refractivity contribution >= 4 is 15.7 Å². The summed E-state index contributed by atoms with van der Waals surface area (Å²) in [6.07, 6.45) is 2.71. The number of halogens is 1. The van der Waals surface area contributed by atoms with Crippen LogP contribution in [0.4, 0.5) is 10.1 Å². The number of benzene rings is 1. The summed E-state index contributed by atoms with van der Waals surface area (Å²) >= 11 is 0. The van der Waals surface area contributed by atoms with Gasteiger partial charge in [0.25, 0.3) is 0 Å². The van der Waals surface area contributed by atoms with E-state index in [1.807, 2.05) is 0 Å². The fraction of sp³-hybridized carbons (Fsp3) is 0.538. The van der Waals surface area contributed by atoms with E-state index in [1.54, 1.807) is 0 Å². The molecule has 110 valence electrons. The molecule has 3 rings (SSSR count). The number of nitrogens with one attached hydrogen (secondary N) is 1. The Morgan fingerprint density at radius 1 is 1.30 bits per heavy atom. The fourth-order valence-electron chi connectivity index (χ4n) is 2.64. The van der Waals surface area contributed by atoms with Gasteiger partial charge >= 0.3 is 0 Å². The van der Waals surface area contributed by atoms with E-state index < -0.39 is 15.8 Å². The third kappa shape index (κ3) is 2.53. The van der Waals surface area contributed by atoms with Crippen LogP contribution in [-0.2, 0) is 14.8 Å². The van der Waals surface area contributed by atoms with Gasteiger partial charge in [-0.3, -0.25) is 0 Å². The lowest BCUT2D eigenvalue weighted by Crippen LogP contribution is -2.41. The van der Waals surface area contributed by atoms with Crippen LogP contribution in [0.2, 0.25) is 0 Å². The van der Waals surface area contributed by atoms with Gasteiger partial charge in [0.15, 0.2) is 0 Å². The number of nitrogen functional groups attached to an aromatic ring is 1. The normalized spacial score (nSPS) is 26.9. The molecule has 1 saturated heterocycles. The lowest BCUT2D eigenvalue weighted by atomic mass is 10.1. The Kier molecular flexibility index (Phi) is 3.43. The van der Waals surface area contributed by atoms with Crippen molar-refractivity contribution in [2.75, 3.05) is 12.3 Å². The lowest BCUT2D eigenvalue weighted by Gasteiger charge is -2.20. The van der Waals surface area contributed by atoms with Crippen LogP contribution in [0.25, 0.3) is 0 Å². The Morgan fingerprint density at radius 3 is 2.75 bits per heavy atom. The van der Waals surface area contributed by atoms with Crippen LogP contribution in [0, 0.1) is 11.7 Å². The first-order chi connectivity index (χ1) is 9.49. The third-order valence-corrected chi connectivity index (χ3v) is 5.38. The number of rotatable bonds is 4. The van der Waals surface area contributed by atoms with E-state index in [0.29, 0.717) is 18.9 Å². The molecule has 2 unspecified atom stereocenters. The van der Waals surface area contributed by atoms with E-state index in [2.05, 4.69) is 4.72 Å². The van der Waals surface area contributed by atoms with E-state index >= 15 is 0 Å². The number of nitrogens with two attached hydrogens (primary N) is 1. The fourth-order valence-corrected chi connectivity index (χ4v) is 4.06. The molecule has 0 radical (unpaired) electrons. The van der Waals surface area contributed by atoms with Crippen LogP contribution in [0.15, 0.2) is 23.1 Å². The second kappa shape index (κ2) is 4.98. The second-order valence-electron chi connectivity index (χ2n) is 5.34. The largest absolute Gasteiger partial charge is 0.395 e. The Labute approximate surface area is 117 Å². The van der Waals surface area contributed by atoms with Crippen LogP contribution in [0.1, 0.15) is 19.3 Å². The minimum Gasteiger partial charge on any atom is -0.395 e.